The van der Waals surface area contributed by atoms with Gasteiger partial charge in [0.05, 0.1) is 0 Å². The summed E-state index contributed by atoms with van der Waals surface area (Å²) < 4.78 is 1.81. The number of amides is 1. The minimum atomic E-state index is -0.137. The SMILES string of the molecule is NCc1ccc2nc(C(=O)N3CC(CO)C(CCO)C3)cn2c1. The van der Waals surface area contributed by atoms with Crippen molar-refractivity contribution in [1.29, 1.82) is 0 Å². The number of hydrogen-bond donors (Lipinski definition) is 3. The third kappa shape index (κ3) is 3.08. The van der Waals surface area contributed by atoms with Gasteiger partial charge in [0.15, 0.2) is 0 Å². The maximum atomic E-state index is 12.7. The molecule has 1 fully saturated rings. The predicted molar refractivity (Wildman–Crippen MR) is 84.8 cm³/mol. The topological polar surface area (TPSA) is 104 Å². The highest BCUT2D eigenvalue weighted by Crippen LogP contribution is 2.27. The number of imidazole rings is 1. The van der Waals surface area contributed by atoms with Crippen LogP contribution in [0.15, 0.2) is 24.5 Å². The molecule has 3 heterocycles. The Labute approximate surface area is 134 Å². The number of nitrogens with zero attached hydrogens (tertiary/aromatic N) is 3. The Bertz CT molecular complexity index is 700. The van der Waals surface area contributed by atoms with E-state index in [0.29, 0.717) is 37.4 Å². The maximum Gasteiger partial charge on any atom is 0.274 e. The van der Waals surface area contributed by atoms with E-state index in [0.717, 1.165) is 5.56 Å². The number of aromatic nitrogens is 2. The molecule has 2 aromatic heterocycles. The van der Waals surface area contributed by atoms with Crippen LogP contribution in [0.5, 0.6) is 0 Å². The second-order valence-corrected chi connectivity index (χ2v) is 6.06. The molecule has 0 bridgehead atoms. The minimum Gasteiger partial charge on any atom is -0.396 e. The van der Waals surface area contributed by atoms with Crippen molar-refractivity contribution < 1.29 is 15.0 Å². The van der Waals surface area contributed by atoms with Gasteiger partial charge in [-0.25, -0.2) is 4.98 Å². The van der Waals surface area contributed by atoms with Crippen LogP contribution in [0.1, 0.15) is 22.5 Å². The molecule has 1 aliphatic heterocycles. The van der Waals surface area contributed by atoms with Gasteiger partial charge in [-0.15, -0.1) is 0 Å². The summed E-state index contributed by atoms with van der Waals surface area (Å²) in [5.41, 5.74) is 7.69. The van der Waals surface area contributed by atoms with Crippen LogP contribution in [0.25, 0.3) is 5.65 Å². The molecule has 0 aliphatic carbocycles. The number of nitrogens with two attached hydrogens (primary N) is 1. The third-order valence-corrected chi connectivity index (χ3v) is 4.57. The highest BCUT2D eigenvalue weighted by molar-refractivity contribution is 5.93. The fourth-order valence-electron chi connectivity index (χ4n) is 3.23. The summed E-state index contributed by atoms with van der Waals surface area (Å²) in [4.78, 5) is 18.8. The molecule has 1 aliphatic rings. The zero-order chi connectivity index (χ0) is 16.4. The highest BCUT2D eigenvalue weighted by Gasteiger charge is 2.35. The number of fused-ring (bicyclic) bond motifs is 1. The lowest BCUT2D eigenvalue weighted by Crippen LogP contribution is -2.29. The van der Waals surface area contributed by atoms with Gasteiger partial charge in [0, 0.05) is 51.2 Å². The number of hydrogen-bond acceptors (Lipinski definition) is 5. The van der Waals surface area contributed by atoms with Crippen molar-refractivity contribution in [3.05, 3.63) is 35.8 Å². The number of likely N-dealkylation sites (tertiary alicyclic amines) is 1. The lowest BCUT2D eigenvalue weighted by atomic mass is 9.94. The largest absolute Gasteiger partial charge is 0.396 e. The van der Waals surface area contributed by atoms with Crippen LogP contribution < -0.4 is 5.73 Å². The van der Waals surface area contributed by atoms with Gasteiger partial charge in [0.25, 0.3) is 5.91 Å². The molecule has 2 atom stereocenters. The van der Waals surface area contributed by atoms with E-state index in [1.165, 1.54) is 0 Å². The first-order valence-corrected chi connectivity index (χ1v) is 7.85. The van der Waals surface area contributed by atoms with Crippen LogP contribution in [-0.4, -0.2) is 56.7 Å². The Morgan fingerprint density at radius 2 is 2.04 bits per heavy atom. The molecule has 2 aromatic rings. The molecule has 1 saturated heterocycles. The molecule has 1 amide bonds. The number of pyridine rings is 1. The van der Waals surface area contributed by atoms with Gasteiger partial charge < -0.3 is 25.2 Å². The number of aliphatic hydroxyl groups is 2. The second kappa shape index (κ2) is 6.66. The van der Waals surface area contributed by atoms with E-state index < -0.39 is 0 Å². The van der Waals surface area contributed by atoms with Crippen LogP contribution in [-0.2, 0) is 6.54 Å². The molecule has 2 unspecified atom stereocenters. The average molecular weight is 318 g/mol. The second-order valence-electron chi connectivity index (χ2n) is 6.06. The van der Waals surface area contributed by atoms with Crippen molar-refractivity contribution in [2.75, 3.05) is 26.3 Å². The van der Waals surface area contributed by atoms with E-state index in [-0.39, 0.29) is 31.0 Å². The molecule has 7 nitrogen and oxygen atoms in total. The molecule has 0 saturated carbocycles. The quantitative estimate of drug-likeness (QED) is 0.711. The Morgan fingerprint density at radius 3 is 2.74 bits per heavy atom. The van der Waals surface area contributed by atoms with Crippen molar-refractivity contribution >= 4 is 11.6 Å². The van der Waals surface area contributed by atoms with Crippen LogP contribution >= 0.6 is 0 Å². The molecule has 0 spiro atoms. The Kier molecular flexibility index (Phi) is 4.61. The summed E-state index contributed by atoms with van der Waals surface area (Å²) in [7, 11) is 0. The number of rotatable bonds is 5. The van der Waals surface area contributed by atoms with Crippen molar-refractivity contribution in [2.45, 2.75) is 13.0 Å². The molecule has 4 N–H and O–H groups in total. The predicted octanol–water partition coefficient (Wildman–Crippen LogP) is -0.144. The average Bonchev–Trinajstić information content (AvgIpc) is 3.17. The summed E-state index contributed by atoms with van der Waals surface area (Å²) in [6.07, 6.45) is 4.18. The van der Waals surface area contributed by atoms with E-state index in [4.69, 9.17) is 10.8 Å². The van der Waals surface area contributed by atoms with Crippen LogP contribution in [0.4, 0.5) is 0 Å². The monoisotopic (exact) mass is 318 g/mol. The summed E-state index contributed by atoms with van der Waals surface area (Å²) in [6.45, 7) is 1.58. The van der Waals surface area contributed by atoms with Crippen LogP contribution in [0.2, 0.25) is 0 Å². The van der Waals surface area contributed by atoms with Gasteiger partial charge in [-0.1, -0.05) is 6.07 Å². The van der Waals surface area contributed by atoms with E-state index in [2.05, 4.69) is 4.98 Å². The Hall–Kier alpha value is -1.96. The van der Waals surface area contributed by atoms with E-state index in [1.807, 2.05) is 18.3 Å². The van der Waals surface area contributed by atoms with Crippen molar-refractivity contribution in [3.8, 4) is 0 Å². The van der Waals surface area contributed by atoms with Gasteiger partial charge in [-0.05, 0) is 24.0 Å². The first-order valence-electron chi connectivity index (χ1n) is 7.85. The van der Waals surface area contributed by atoms with Crippen molar-refractivity contribution in [1.82, 2.24) is 14.3 Å². The molecule has 0 radical (unpaired) electrons. The summed E-state index contributed by atoms with van der Waals surface area (Å²) >= 11 is 0. The minimum absolute atomic E-state index is 0.0203. The standard InChI is InChI=1S/C16H22N4O3/c17-5-11-1-2-15-18-14(9-19(15)6-11)16(23)20-7-12(3-4-21)13(8-20)10-22/h1-2,6,9,12-13,21-22H,3-5,7-8,10,17H2. The maximum absolute atomic E-state index is 12.7. The lowest BCUT2D eigenvalue weighted by molar-refractivity contribution is 0.0774. The van der Waals surface area contributed by atoms with E-state index >= 15 is 0 Å². The Morgan fingerprint density at radius 1 is 1.26 bits per heavy atom. The number of carbonyl (C=O) groups excluding carboxylic acids is 1. The fourth-order valence-corrected chi connectivity index (χ4v) is 3.23. The molecular weight excluding hydrogens is 296 g/mol. The summed E-state index contributed by atoms with van der Waals surface area (Å²) in [5.74, 6) is 0.0173. The molecule has 23 heavy (non-hydrogen) atoms. The summed E-state index contributed by atoms with van der Waals surface area (Å²) in [5, 5.41) is 18.6. The summed E-state index contributed by atoms with van der Waals surface area (Å²) in [6, 6.07) is 3.74. The number of carbonyl (C=O) groups is 1. The van der Waals surface area contributed by atoms with Gasteiger partial charge in [0.1, 0.15) is 11.3 Å². The molecule has 0 aromatic carbocycles. The van der Waals surface area contributed by atoms with Gasteiger partial charge in [0.2, 0.25) is 0 Å². The zero-order valence-electron chi connectivity index (χ0n) is 12.9. The van der Waals surface area contributed by atoms with Crippen molar-refractivity contribution in [3.63, 3.8) is 0 Å². The smallest absolute Gasteiger partial charge is 0.274 e. The number of aliphatic hydroxyl groups excluding tert-OH is 2. The normalized spacial score (nSPS) is 21.3. The molecule has 124 valence electrons. The molecular formula is C16H22N4O3. The highest BCUT2D eigenvalue weighted by atomic mass is 16.3. The molecule has 7 heteroatoms. The van der Waals surface area contributed by atoms with Crippen LogP contribution in [0, 0.1) is 11.8 Å². The van der Waals surface area contributed by atoms with Crippen LogP contribution in [0.3, 0.4) is 0 Å². The van der Waals surface area contributed by atoms with E-state index in [9.17, 15) is 9.90 Å². The van der Waals surface area contributed by atoms with Crippen molar-refractivity contribution in [2.24, 2.45) is 17.6 Å². The third-order valence-electron chi connectivity index (χ3n) is 4.57. The zero-order valence-corrected chi connectivity index (χ0v) is 12.9. The lowest BCUT2D eigenvalue weighted by Gasteiger charge is -2.14. The fraction of sp³-hybridized carbons (Fsp3) is 0.500. The van der Waals surface area contributed by atoms with Gasteiger partial charge in [-0.3, -0.25) is 4.79 Å². The van der Waals surface area contributed by atoms with E-state index in [1.54, 1.807) is 15.5 Å². The first kappa shape index (κ1) is 15.9. The molecule has 3 rings (SSSR count). The van der Waals surface area contributed by atoms with Gasteiger partial charge in [-0.2, -0.15) is 0 Å². The van der Waals surface area contributed by atoms with Gasteiger partial charge >= 0.3 is 0 Å². The first-order chi connectivity index (χ1) is 11.2. The Balaban J connectivity index is 1.80.